The molecule has 0 aliphatic rings. The number of carboxylic acids is 1. The number of halogens is 1. The number of aromatic nitrogens is 1. The van der Waals surface area contributed by atoms with E-state index >= 15 is 0 Å². The molecule has 0 bridgehead atoms. The molecule has 4 nitrogen and oxygen atoms in total. The molecule has 1 aromatic heterocycles. The average Bonchev–Trinajstić information content (AvgIpc) is 2.38. The summed E-state index contributed by atoms with van der Waals surface area (Å²) >= 11 is 5.98. The smallest absolute Gasteiger partial charge is 0.328 e. The Bertz CT molecular complexity index is 655. The van der Waals surface area contributed by atoms with E-state index in [2.05, 4.69) is 4.98 Å². The summed E-state index contributed by atoms with van der Waals surface area (Å²) in [4.78, 5) is 17.6. The third-order valence-electron chi connectivity index (χ3n) is 3.49. The van der Waals surface area contributed by atoms with Crippen LogP contribution in [0.25, 0.3) is 10.9 Å². The van der Waals surface area contributed by atoms with Gasteiger partial charge in [0.2, 0.25) is 0 Å². The van der Waals surface area contributed by atoms with Crippen molar-refractivity contribution in [2.45, 2.75) is 26.3 Å². The molecule has 0 amide bonds. The van der Waals surface area contributed by atoms with Gasteiger partial charge in [-0.1, -0.05) is 11.6 Å². The highest BCUT2D eigenvalue weighted by molar-refractivity contribution is 6.31. The number of anilines is 1. The summed E-state index contributed by atoms with van der Waals surface area (Å²) in [7, 11) is 0. The summed E-state index contributed by atoms with van der Waals surface area (Å²) in [6, 6.07) is 7.28. The number of rotatable bonds is 4. The van der Waals surface area contributed by atoms with Crippen molar-refractivity contribution in [1.29, 1.82) is 0 Å². The molecule has 0 aliphatic carbocycles. The van der Waals surface area contributed by atoms with Gasteiger partial charge in [-0.2, -0.15) is 0 Å². The second-order valence-corrected chi connectivity index (χ2v) is 5.54. The van der Waals surface area contributed by atoms with Crippen LogP contribution in [0, 0.1) is 0 Å². The lowest BCUT2D eigenvalue weighted by Gasteiger charge is -2.36. The van der Waals surface area contributed by atoms with Gasteiger partial charge in [-0.3, -0.25) is 4.98 Å². The first-order valence-corrected chi connectivity index (χ1v) is 6.81. The molecule has 2 rings (SSSR count). The first-order valence-electron chi connectivity index (χ1n) is 6.43. The normalized spacial score (nSPS) is 11.6. The SMILES string of the molecule is CCN(c1ccnc2cc(Cl)ccc12)C(C)(C)C(=O)O. The Morgan fingerprint density at radius 3 is 2.70 bits per heavy atom. The third kappa shape index (κ3) is 2.43. The topological polar surface area (TPSA) is 53.4 Å². The Kier molecular flexibility index (Phi) is 3.86. The lowest BCUT2D eigenvalue weighted by Crippen LogP contribution is -2.50. The van der Waals surface area contributed by atoms with Crippen LogP contribution >= 0.6 is 11.6 Å². The van der Waals surface area contributed by atoms with Gasteiger partial charge >= 0.3 is 5.97 Å². The average molecular weight is 293 g/mol. The highest BCUT2D eigenvalue weighted by atomic mass is 35.5. The van der Waals surface area contributed by atoms with Crippen LogP contribution in [-0.2, 0) is 4.79 Å². The molecule has 0 saturated carbocycles. The molecule has 0 fully saturated rings. The summed E-state index contributed by atoms with van der Waals surface area (Å²) in [6.07, 6.45) is 1.68. The fraction of sp³-hybridized carbons (Fsp3) is 0.333. The first kappa shape index (κ1) is 14.6. The van der Waals surface area contributed by atoms with Gasteiger partial charge in [0.1, 0.15) is 5.54 Å². The minimum atomic E-state index is -0.997. The number of carbonyl (C=O) groups is 1. The minimum Gasteiger partial charge on any atom is -0.480 e. The second-order valence-electron chi connectivity index (χ2n) is 5.10. The van der Waals surface area contributed by atoms with E-state index in [1.165, 1.54) is 0 Å². The molecule has 0 atom stereocenters. The zero-order valence-corrected chi connectivity index (χ0v) is 12.5. The summed E-state index contributed by atoms with van der Waals surface area (Å²) in [5.41, 5.74) is 0.610. The van der Waals surface area contributed by atoms with Gasteiger partial charge in [-0.05, 0) is 45.0 Å². The quantitative estimate of drug-likeness (QED) is 0.936. The van der Waals surface area contributed by atoms with Gasteiger partial charge in [-0.15, -0.1) is 0 Å². The molecule has 0 spiro atoms. The second kappa shape index (κ2) is 5.29. The molecule has 0 aliphatic heterocycles. The van der Waals surface area contributed by atoms with Crippen LogP contribution in [0.3, 0.4) is 0 Å². The predicted octanol–water partition coefficient (Wildman–Crippen LogP) is 3.58. The van der Waals surface area contributed by atoms with Gasteiger partial charge in [0, 0.05) is 28.8 Å². The molecule has 1 heterocycles. The van der Waals surface area contributed by atoms with Gasteiger partial charge in [0.05, 0.1) is 5.52 Å². The van der Waals surface area contributed by atoms with E-state index in [0.29, 0.717) is 11.6 Å². The summed E-state index contributed by atoms with van der Waals surface area (Å²) < 4.78 is 0. The number of aliphatic carboxylic acids is 1. The Morgan fingerprint density at radius 2 is 2.10 bits per heavy atom. The monoisotopic (exact) mass is 292 g/mol. The Labute approximate surface area is 123 Å². The van der Waals surface area contributed by atoms with E-state index in [4.69, 9.17) is 11.6 Å². The van der Waals surface area contributed by atoms with Crippen molar-refractivity contribution in [2.24, 2.45) is 0 Å². The molecule has 0 saturated heterocycles. The Hall–Kier alpha value is -1.81. The molecular weight excluding hydrogens is 276 g/mol. The molecule has 1 aromatic carbocycles. The van der Waals surface area contributed by atoms with Gasteiger partial charge in [0.15, 0.2) is 0 Å². The highest BCUT2D eigenvalue weighted by Gasteiger charge is 2.34. The van der Waals surface area contributed by atoms with Crippen molar-refractivity contribution < 1.29 is 9.90 Å². The molecule has 20 heavy (non-hydrogen) atoms. The Morgan fingerprint density at radius 1 is 1.40 bits per heavy atom. The predicted molar refractivity (Wildman–Crippen MR) is 81.5 cm³/mol. The van der Waals surface area contributed by atoms with Crippen LogP contribution < -0.4 is 4.90 Å². The van der Waals surface area contributed by atoms with E-state index in [9.17, 15) is 9.90 Å². The fourth-order valence-electron chi connectivity index (χ4n) is 2.32. The molecule has 5 heteroatoms. The lowest BCUT2D eigenvalue weighted by molar-refractivity contribution is -0.142. The van der Waals surface area contributed by atoms with Crippen LogP contribution in [0.1, 0.15) is 20.8 Å². The van der Waals surface area contributed by atoms with Crippen molar-refractivity contribution in [3.05, 3.63) is 35.5 Å². The minimum absolute atomic E-state index is 0.584. The first-order chi connectivity index (χ1) is 9.37. The maximum absolute atomic E-state index is 11.5. The van der Waals surface area contributed by atoms with Crippen LogP contribution in [0.2, 0.25) is 5.02 Å². The zero-order valence-electron chi connectivity index (χ0n) is 11.7. The summed E-state index contributed by atoms with van der Waals surface area (Å²) in [6.45, 7) is 5.91. The number of pyridine rings is 1. The van der Waals surface area contributed by atoms with Crippen molar-refractivity contribution in [3.8, 4) is 0 Å². The maximum atomic E-state index is 11.5. The van der Waals surface area contributed by atoms with E-state index in [-0.39, 0.29) is 0 Å². The van der Waals surface area contributed by atoms with E-state index in [0.717, 1.165) is 16.6 Å². The molecule has 0 radical (unpaired) electrons. The molecule has 2 aromatic rings. The number of carboxylic acid groups (broad SMARTS) is 1. The van der Waals surface area contributed by atoms with Crippen molar-refractivity contribution in [3.63, 3.8) is 0 Å². The van der Waals surface area contributed by atoms with Gasteiger partial charge in [-0.25, -0.2) is 4.79 Å². The van der Waals surface area contributed by atoms with Crippen LogP contribution in [0.5, 0.6) is 0 Å². The number of hydrogen-bond donors (Lipinski definition) is 1. The Balaban J connectivity index is 2.64. The third-order valence-corrected chi connectivity index (χ3v) is 3.72. The van der Waals surface area contributed by atoms with Gasteiger partial charge in [0.25, 0.3) is 0 Å². The number of benzene rings is 1. The largest absolute Gasteiger partial charge is 0.480 e. The maximum Gasteiger partial charge on any atom is 0.328 e. The molecule has 0 unspecified atom stereocenters. The fourth-order valence-corrected chi connectivity index (χ4v) is 2.49. The number of fused-ring (bicyclic) bond motifs is 1. The highest BCUT2D eigenvalue weighted by Crippen LogP contribution is 2.31. The lowest BCUT2D eigenvalue weighted by atomic mass is 10.0. The van der Waals surface area contributed by atoms with Crippen LogP contribution in [0.15, 0.2) is 30.5 Å². The van der Waals surface area contributed by atoms with E-state index in [1.807, 2.05) is 24.0 Å². The van der Waals surface area contributed by atoms with E-state index < -0.39 is 11.5 Å². The number of likely N-dealkylation sites (N-methyl/N-ethyl adjacent to an activating group) is 1. The van der Waals surface area contributed by atoms with Crippen molar-refractivity contribution >= 4 is 34.2 Å². The molecule has 1 N–H and O–H groups in total. The van der Waals surface area contributed by atoms with Crippen molar-refractivity contribution in [1.82, 2.24) is 4.98 Å². The molecular formula is C15H17ClN2O2. The van der Waals surface area contributed by atoms with Gasteiger partial charge < -0.3 is 10.0 Å². The number of nitrogens with zero attached hydrogens (tertiary/aromatic N) is 2. The number of hydrogen-bond acceptors (Lipinski definition) is 3. The summed E-state index contributed by atoms with van der Waals surface area (Å²) in [5.74, 6) is -0.863. The van der Waals surface area contributed by atoms with E-state index in [1.54, 1.807) is 32.2 Å². The van der Waals surface area contributed by atoms with Crippen molar-refractivity contribution in [2.75, 3.05) is 11.4 Å². The zero-order chi connectivity index (χ0) is 14.9. The standard InChI is InChI=1S/C15H17ClN2O2/c1-4-18(15(2,3)14(19)20)13-7-8-17-12-9-10(16)5-6-11(12)13/h5-9H,4H2,1-3H3,(H,19,20). The van der Waals surface area contributed by atoms with Crippen LogP contribution in [0.4, 0.5) is 5.69 Å². The van der Waals surface area contributed by atoms with Crippen LogP contribution in [-0.4, -0.2) is 28.1 Å². The summed E-state index contributed by atoms with van der Waals surface area (Å²) in [5, 5.41) is 11.0. The molecule has 106 valence electrons.